The van der Waals surface area contributed by atoms with Crippen LogP contribution in [0.25, 0.3) is 0 Å². The zero-order valence-electron chi connectivity index (χ0n) is 11.6. The number of nitrogens with two attached hydrogens (primary N) is 1. The molecule has 1 aromatic heterocycles. The topological polar surface area (TPSA) is 60.0 Å². The first-order chi connectivity index (χ1) is 7.92. The predicted octanol–water partition coefficient (Wildman–Crippen LogP) is 1.42. The summed E-state index contributed by atoms with van der Waals surface area (Å²) < 4.78 is 1.97. The average molecular weight is 239 g/mol. The van der Waals surface area contributed by atoms with E-state index in [-0.39, 0.29) is 5.54 Å². The minimum atomic E-state index is -0.0114. The second-order valence-corrected chi connectivity index (χ2v) is 5.25. The molecule has 0 bridgehead atoms. The zero-order chi connectivity index (χ0) is 13.1. The van der Waals surface area contributed by atoms with Crippen molar-refractivity contribution in [3.63, 3.8) is 0 Å². The summed E-state index contributed by atoms with van der Waals surface area (Å²) in [6, 6.07) is 0.340. The molecule has 1 heterocycles. The summed E-state index contributed by atoms with van der Waals surface area (Å²) in [5.74, 6) is 1.00. The molecular weight excluding hydrogens is 214 g/mol. The molecular formula is C12H25N5. The van der Waals surface area contributed by atoms with Gasteiger partial charge < -0.3 is 5.73 Å². The summed E-state index contributed by atoms with van der Waals surface area (Å²) in [5.41, 5.74) is 5.81. The number of nitrogens with zero attached hydrogens (tertiary/aromatic N) is 4. The predicted molar refractivity (Wildman–Crippen MR) is 69.6 cm³/mol. The highest BCUT2D eigenvalue weighted by Crippen LogP contribution is 2.16. The second kappa shape index (κ2) is 5.60. The lowest BCUT2D eigenvalue weighted by molar-refractivity contribution is 0.119. The van der Waals surface area contributed by atoms with Crippen LogP contribution in [-0.4, -0.2) is 38.3 Å². The average Bonchev–Trinajstić information content (AvgIpc) is 2.73. The summed E-state index contributed by atoms with van der Waals surface area (Å²) in [6.45, 7) is 13.1. The molecule has 5 nitrogen and oxygen atoms in total. The van der Waals surface area contributed by atoms with Crippen LogP contribution in [0.5, 0.6) is 0 Å². The number of hydrogen-bond acceptors (Lipinski definition) is 4. The largest absolute Gasteiger partial charge is 0.329 e. The number of hydrogen-bond donors (Lipinski definition) is 1. The lowest BCUT2D eigenvalue weighted by Gasteiger charge is -2.36. The normalized spacial score (nSPS) is 12.7. The van der Waals surface area contributed by atoms with Crippen molar-refractivity contribution >= 4 is 0 Å². The maximum Gasteiger partial charge on any atom is 0.141 e. The molecule has 0 atom stereocenters. The lowest BCUT2D eigenvalue weighted by atomic mass is 10.0. The van der Waals surface area contributed by atoms with Crippen molar-refractivity contribution in [2.75, 3.05) is 13.1 Å². The van der Waals surface area contributed by atoms with Crippen molar-refractivity contribution in [1.29, 1.82) is 0 Å². The van der Waals surface area contributed by atoms with Gasteiger partial charge in [0.1, 0.15) is 12.2 Å². The fraction of sp³-hybridized carbons (Fsp3) is 0.833. The van der Waals surface area contributed by atoms with Gasteiger partial charge >= 0.3 is 0 Å². The van der Waals surface area contributed by atoms with E-state index in [9.17, 15) is 0 Å². The standard InChI is InChI=1S/C12H25N5/c1-6-16(12(4,5)8-13)7-11-14-9-15-17(11)10(2)3/h9-10H,6-8,13H2,1-5H3. The molecule has 0 saturated heterocycles. The molecule has 0 radical (unpaired) electrons. The third kappa shape index (κ3) is 3.26. The number of rotatable bonds is 6. The second-order valence-electron chi connectivity index (χ2n) is 5.25. The summed E-state index contributed by atoms with van der Waals surface area (Å²) in [4.78, 5) is 6.67. The fourth-order valence-corrected chi connectivity index (χ4v) is 1.87. The van der Waals surface area contributed by atoms with Crippen LogP contribution in [0.4, 0.5) is 0 Å². The van der Waals surface area contributed by atoms with Crippen LogP contribution in [0.1, 0.15) is 46.5 Å². The first-order valence-corrected chi connectivity index (χ1v) is 6.26. The zero-order valence-corrected chi connectivity index (χ0v) is 11.6. The molecule has 0 spiro atoms. The van der Waals surface area contributed by atoms with Crippen LogP contribution in [0.15, 0.2) is 6.33 Å². The highest BCUT2D eigenvalue weighted by molar-refractivity contribution is 4.91. The maximum absolute atomic E-state index is 5.83. The van der Waals surface area contributed by atoms with Gasteiger partial charge in [-0.2, -0.15) is 5.10 Å². The van der Waals surface area contributed by atoms with Crippen molar-refractivity contribution < 1.29 is 0 Å². The monoisotopic (exact) mass is 239 g/mol. The first kappa shape index (κ1) is 14.1. The fourth-order valence-electron chi connectivity index (χ4n) is 1.87. The first-order valence-electron chi connectivity index (χ1n) is 6.26. The van der Waals surface area contributed by atoms with E-state index in [0.29, 0.717) is 12.6 Å². The third-order valence-corrected chi connectivity index (χ3v) is 3.21. The molecule has 0 aliphatic carbocycles. The highest BCUT2D eigenvalue weighted by atomic mass is 15.4. The van der Waals surface area contributed by atoms with E-state index in [1.165, 1.54) is 0 Å². The molecule has 0 aliphatic heterocycles. The SMILES string of the molecule is CCN(Cc1ncnn1C(C)C)C(C)(C)CN. The van der Waals surface area contributed by atoms with Gasteiger partial charge in [0.2, 0.25) is 0 Å². The number of aromatic nitrogens is 3. The van der Waals surface area contributed by atoms with Gasteiger partial charge in [-0.3, -0.25) is 4.90 Å². The van der Waals surface area contributed by atoms with E-state index >= 15 is 0 Å². The smallest absolute Gasteiger partial charge is 0.141 e. The molecule has 0 aromatic carbocycles. The van der Waals surface area contributed by atoms with E-state index in [4.69, 9.17) is 5.73 Å². The van der Waals surface area contributed by atoms with Crippen LogP contribution >= 0.6 is 0 Å². The molecule has 98 valence electrons. The third-order valence-electron chi connectivity index (χ3n) is 3.21. The van der Waals surface area contributed by atoms with Gasteiger partial charge in [0.05, 0.1) is 6.54 Å². The Hall–Kier alpha value is -0.940. The van der Waals surface area contributed by atoms with E-state index in [0.717, 1.165) is 18.9 Å². The maximum atomic E-state index is 5.83. The Morgan fingerprint density at radius 3 is 2.59 bits per heavy atom. The highest BCUT2D eigenvalue weighted by Gasteiger charge is 2.25. The summed E-state index contributed by atoms with van der Waals surface area (Å²) in [7, 11) is 0. The van der Waals surface area contributed by atoms with Crippen LogP contribution < -0.4 is 5.73 Å². The molecule has 1 rings (SSSR count). The Morgan fingerprint density at radius 1 is 1.47 bits per heavy atom. The van der Waals surface area contributed by atoms with E-state index in [1.54, 1.807) is 6.33 Å². The van der Waals surface area contributed by atoms with E-state index < -0.39 is 0 Å². The van der Waals surface area contributed by atoms with Crippen molar-refractivity contribution in [3.8, 4) is 0 Å². The summed E-state index contributed by atoms with van der Waals surface area (Å²) in [5, 5.41) is 4.26. The van der Waals surface area contributed by atoms with Crippen molar-refractivity contribution in [2.45, 2.75) is 52.7 Å². The van der Waals surface area contributed by atoms with Gasteiger partial charge in [-0.25, -0.2) is 9.67 Å². The Kier molecular flexibility index (Phi) is 4.65. The quantitative estimate of drug-likeness (QED) is 0.815. The molecule has 1 aromatic rings. The molecule has 0 aliphatic rings. The molecule has 0 fully saturated rings. The molecule has 17 heavy (non-hydrogen) atoms. The summed E-state index contributed by atoms with van der Waals surface area (Å²) >= 11 is 0. The van der Waals surface area contributed by atoms with Crippen molar-refractivity contribution in [1.82, 2.24) is 19.7 Å². The molecule has 5 heteroatoms. The minimum absolute atomic E-state index is 0.0114. The van der Waals surface area contributed by atoms with Crippen LogP contribution in [0.2, 0.25) is 0 Å². The van der Waals surface area contributed by atoms with Gasteiger partial charge in [-0.05, 0) is 34.2 Å². The van der Waals surface area contributed by atoms with Gasteiger partial charge in [0.25, 0.3) is 0 Å². The van der Waals surface area contributed by atoms with Gasteiger partial charge in [0.15, 0.2) is 0 Å². The van der Waals surface area contributed by atoms with Crippen LogP contribution in [0, 0.1) is 0 Å². The van der Waals surface area contributed by atoms with E-state index in [2.05, 4.69) is 49.6 Å². The van der Waals surface area contributed by atoms with Crippen LogP contribution in [-0.2, 0) is 6.54 Å². The summed E-state index contributed by atoms with van der Waals surface area (Å²) in [6.07, 6.45) is 1.62. The van der Waals surface area contributed by atoms with Gasteiger partial charge in [-0.1, -0.05) is 6.92 Å². The Bertz CT molecular complexity index is 342. The van der Waals surface area contributed by atoms with Gasteiger partial charge in [0, 0.05) is 18.1 Å². The van der Waals surface area contributed by atoms with Gasteiger partial charge in [-0.15, -0.1) is 0 Å². The molecule has 0 amide bonds. The van der Waals surface area contributed by atoms with Crippen molar-refractivity contribution in [3.05, 3.63) is 12.2 Å². The Morgan fingerprint density at radius 2 is 2.12 bits per heavy atom. The number of likely N-dealkylation sites (N-methyl/N-ethyl adjacent to an activating group) is 1. The lowest BCUT2D eigenvalue weighted by Crippen LogP contribution is -2.49. The Balaban J connectivity index is 2.84. The van der Waals surface area contributed by atoms with E-state index in [1.807, 2.05) is 4.68 Å². The molecule has 2 N–H and O–H groups in total. The Labute approximate surface area is 104 Å². The minimum Gasteiger partial charge on any atom is -0.329 e. The van der Waals surface area contributed by atoms with Crippen LogP contribution in [0.3, 0.4) is 0 Å². The molecule has 0 saturated carbocycles. The molecule has 0 unspecified atom stereocenters. The van der Waals surface area contributed by atoms with Crippen molar-refractivity contribution in [2.24, 2.45) is 5.73 Å².